The molecule has 0 spiro atoms. The van der Waals surface area contributed by atoms with E-state index in [0.29, 0.717) is 13.0 Å². The van der Waals surface area contributed by atoms with Crippen LogP contribution in [0.4, 0.5) is 0 Å². The summed E-state index contributed by atoms with van der Waals surface area (Å²) < 4.78 is 1.85. The maximum atomic E-state index is 12.7. The fourth-order valence-corrected chi connectivity index (χ4v) is 3.47. The van der Waals surface area contributed by atoms with Gasteiger partial charge in [0.25, 0.3) is 0 Å². The molecule has 6 heteroatoms. The van der Waals surface area contributed by atoms with E-state index >= 15 is 0 Å². The van der Waals surface area contributed by atoms with Crippen molar-refractivity contribution in [1.82, 2.24) is 24.6 Å². The number of pyridine rings is 1. The van der Waals surface area contributed by atoms with E-state index in [4.69, 9.17) is 0 Å². The average Bonchev–Trinajstić information content (AvgIpc) is 3.21. The van der Waals surface area contributed by atoms with Gasteiger partial charge in [0.2, 0.25) is 5.91 Å². The van der Waals surface area contributed by atoms with Crippen LogP contribution >= 0.6 is 0 Å². The Balaban J connectivity index is 1.66. The second-order valence-corrected chi connectivity index (χ2v) is 7.03. The molecular weight excluding hydrogens is 314 g/mol. The molecule has 25 heavy (non-hydrogen) atoms. The first kappa shape index (κ1) is 17.6. The first-order chi connectivity index (χ1) is 12.0. The smallest absolute Gasteiger partial charge is 0.224 e. The number of likely N-dealkylation sites (tertiary alicyclic amines) is 1. The van der Waals surface area contributed by atoms with Crippen LogP contribution in [0.15, 0.2) is 30.6 Å². The third kappa shape index (κ3) is 4.45. The number of rotatable bonds is 6. The topological polar surface area (TPSA) is 54.3 Å². The van der Waals surface area contributed by atoms with Crippen molar-refractivity contribution in [3.8, 4) is 0 Å². The Kier molecular flexibility index (Phi) is 5.48. The van der Waals surface area contributed by atoms with E-state index in [1.807, 2.05) is 55.1 Å². The summed E-state index contributed by atoms with van der Waals surface area (Å²) in [6.07, 6.45) is 6.37. The van der Waals surface area contributed by atoms with Gasteiger partial charge in [-0.25, -0.2) is 0 Å². The Morgan fingerprint density at radius 3 is 2.92 bits per heavy atom. The third-order valence-corrected chi connectivity index (χ3v) is 4.61. The number of hydrogen-bond acceptors (Lipinski definition) is 4. The van der Waals surface area contributed by atoms with Gasteiger partial charge in [-0.05, 0) is 57.6 Å². The standard InChI is InChI=1S/C19H27N5O/c1-15-7-11-23(21-15)12-8-19(25)24-10-4-5-18(24)16-6-9-20-17(13-16)14-22(2)3/h6-7,9,11,13,18H,4-5,8,10,12,14H2,1-3H3/t18-/m0/s1. The van der Waals surface area contributed by atoms with Crippen molar-refractivity contribution in [3.05, 3.63) is 47.5 Å². The second-order valence-electron chi connectivity index (χ2n) is 7.03. The van der Waals surface area contributed by atoms with Crippen LogP contribution in [0, 0.1) is 6.92 Å². The normalized spacial score (nSPS) is 17.4. The monoisotopic (exact) mass is 341 g/mol. The van der Waals surface area contributed by atoms with Crippen molar-refractivity contribution in [2.45, 2.75) is 45.3 Å². The minimum Gasteiger partial charge on any atom is -0.336 e. The SMILES string of the molecule is Cc1ccn(CCC(=O)N2CCC[C@H]2c2ccnc(CN(C)C)c2)n1. The first-order valence-corrected chi connectivity index (χ1v) is 8.92. The number of nitrogens with zero attached hydrogens (tertiary/aromatic N) is 5. The van der Waals surface area contributed by atoms with Crippen LogP contribution in [0.1, 0.15) is 42.3 Å². The van der Waals surface area contributed by atoms with E-state index in [1.165, 1.54) is 5.56 Å². The van der Waals surface area contributed by atoms with Crippen LogP contribution in [0.25, 0.3) is 0 Å². The number of amides is 1. The molecule has 0 unspecified atom stereocenters. The van der Waals surface area contributed by atoms with E-state index < -0.39 is 0 Å². The van der Waals surface area contributed by atoms with Gasteiger partial charge in [0.1, 0.15) is 0 Å². The van der Waals surface area contributed by atoms with Crippen molar-refractivity contribution < 1.29 is 4.79 Å². The van der Waals surface area contributed by atoms with Crippen LogP contribution in [0.3, 0.4) is 0 Å². The van der Waals surface area contributed by atoms with E-state index in [1.54, 1.807) is 0 Å². The fourth-order valence-electron chi connectivity index (χ4n) is 3.47. The lowest BCUT2D eigenvalue weighted by atomic mass is 10.0. The van der Waals surface area contributed by atoms with Crippen LogP contribution in [0.5, 0.6) is 0 Å². The van der Waals surface area contributed by atoms with Gasteiger partial charge in [0.05, 0.1) is 17.4 Å². The van der Waals surface area contributed by atoms with Gasteiger partial charge in [0, 0.05) is 38.4 Å². The minimum absolute atomic E-state index is 0.177. The van der Waals surface area contributed by atoms with E-state index in [0.717, 1.165) is 37.3 Å². The maximum absolute atomic E-state index is 12.7. The quantitative estimate of drug-likeness (QED) is 0.810. The Morgan fingerprint density at radius 1 is 1.36 bits per heavy atom. The van der Waals surface area contributed by atoms with E-state index in [-0.39, 0.29) is 11.9 Å². The number of hydrogen-bond donors (Lipinski definition) is 0. The predicted molar refractivity (Wildman–Crippen MR) is 96.9 cm³/mol. The van der Waals surface area contributed by atoms with Crippen LogP contribution in [-0.4, -0.2) is 51.1 Å². The molecule has 0 radical (unpaired) electrons. The molecule has 0 saturated carbocycles. The number of carbonyl (C=O) groups is 1. The highest BCUT2D eigenvalue weighted by molar-refractivity contribution is 5.77. The fraction of sp³-hybridized carbons (Fsp3) is 0.526. The Morgan fingerprint density at radius 2 is 2.20 bits per heavy atom. The molecule has 0 aromatic carbocycles. The molecule has 1 fully saturated rings. The van der Waals surface area contributed by atoms with Crippen molar-refractivity contribution in [3.63, 3.8) is 0 Å². The van der Waals surface area contributed by atoms with Crippen LogP contribution in [0.2, 0.25) is 0 Å². The lowest BCUT2D eigenvalue weighted by molar-refractivity contribution is -0.132. The molecule has 3 rings (SSSR count). The number of aromatic nitrogens is 3. The molecule has 1 aliphatic heterocycles. The summed E-state index contributed by atoms with van der Waals surface area (Å²) >= 11 is 0. The van der Waals surface area contributed by atoms with Gasteiger partial charge >= 0.3 is 0 Å². The van der Waals surface area contributed by atoms with Crippen LogP contribution in [-0.2, 0) is 17.9 Å². The Bertz CT molecular complexity index is 724. The van der Waals surface area contributed by atoms with Gasteiger partial charge in [-0.15, -0.1) is 0 Å². The molecule has 0 N–H and O–H groups in total. The van der Waals surface area contributed by atoms with Crippen molar-refractivity contribution in [2.75, 3.05) is 20.6 Å². The van der Waals surface area contributed by atoms with Gasteiger partial charge < -0.3 is 9.80 Å². The summed E-state index contributed by atoms with van der Waals surface area (Å²) in [5.41, 5.74) is 3.23. The van der Waals surface area contributed by atoms with Gasteiger partial charge in [-0.3, -0.25) is 14.5 Å². The summed E-state index contributed by atoms with van der Waals surface area (Å²) in [7, 11) is 4.08. The first-order valence-electron chi connectivity index (χ1n) is 8.92. The summed E-state index contributed by atoms with van der Waals surface area (Å²) in [5, 5.41) is 4.36. The second kappa shape index (κ2) is 7.78. The van der Waals surface area contributed by atoms with Gasteiger partial charge in [0.15, 0.2) is 0 Å². The molecule has 2 aromatic rings. The van der Waals surface area contributed by atoms with Crippen LogP contribution < -0.4 is 0 Å². The molecule has 1 amide bonds. The average molecular weight is 341 g/mol. The molecule has 2 aromatic heterocycles. The van der Waals surface area contributed by atoms with Gasteiger partial charge in [-0.1, -0.05) is 0 Å². The molecule has 1 aliphatic rings. The molecular formula is C19H27N5O. The summed E-state index contributed by atoms with van der Waals surface area (Å²) in [4.78, 5) is 21.3. The molecule has 3 heterocycles. The summed E-state index contributed by atoms with van der Waals surface area (Å²) in [5.74, 6) is 0.210. The summed E-state index contributed by atoms with van der Waals surface area (Å²) in [6, 6.07) is 6.34. The molecule has 0 aliphatic carbocycles. The van der Waals surface area contributed by atoms with Crippen molar-refractivity contribution >= 4 is 5.91 Å². The van der Waals surface area contributed by atoms with E-state index in [2.05, 4.69) is 21.0 Å². The highest BCUT2D eigenvalue weighted by Crippen LogP contribution is 2.32. The zero-order valence-corrected chi connectivity index (χ0v) is 15.4. The Labute approximate surface area is 149 Å². The molecule has 134 valence electrons. The molecule has 1 atom stereocenters. The number of aryl methyl sites for hydroxylation is 2. The summed E-state index contributed by atoms with van der Waals surface area (Å²) in [6.45, 7) is 4.25. The zero-order chi connectivity index (χ0) is 17.8. The van der Waals surface area contributed by atoms with Crippen molar-refractivity contribution in [2.24, 2.45) is 0 Å². The van der Waals surface area contributed by atoms with Crippen molar-refractivity contribution in [1.29, 1.82) is 0 Å². The van der Waals surface area contributed by atoms with E-state index in [9.17, 15) is 4.79 Å². The van der Waals surface area contributed by atoms with Gasteiger partial charge in [-0.2, -0.15) is 5.10 Å². The zero-order valence-electron chi connectivity index (χ0n) is 15.4. The molecule has 0 bridgehead atoms. The number of carbonyl (C=O) groups excluding carboxylic acids is 1. The highest BCUT2D eigenvalue weighted by Gasteiger charge is 2.29. The lowest BCUT2D eigenvalue weighted by Crippen LogP contribution is -2.31. The minimum atomic E-state index is 0.177. The Hall–Kier alpha value is -2.21. The highest BCUT2D eigenvalue weighted by atomic mass is 16.2. The molecule has 1 saturated heterocycles. The maximum Gasteiger partial charge on any atom is 0.224 e. The third-order valence-electron chi connectivity index (χ3n) is 4.61. The molecule has 6 nitrogen and oxygen atoms in total. The lowest BCUT2D eigenvalue weighted by Gasteiger charge is -2.25. The predicted octanol–water partition coefficient (Wildman–Crippen LogP) is 2.40. The largest absolute Gasteiger partial charge is 0.336 e.